The Morgan fingerprint density at radius 3 is 2.48 bits per heavy atom. The van der Waals surface area contributed by atoms with E-state index in [-0.39, 0.29) is 24.3 Å². The zero-order valence-corrected chi connectivity index (χ0v) is 15.2. The summed E-state index contributed by atoms with van der Waals surface area (Å²) in [5.74, 6) is -0.696. The molecule has 1 heterocycles. The molecule has 0 unspecified atom stereocenters. The summed E-state index contributed by atoms with van der Waals surface area (Å²) in [5.41, 5.74) is 4.68. The predicted molar refractivity (Wildman–Crippen MR) is 93.2 cm³/mol. The lowest BCUT2D eigenvalue weighted by Crippen LogP contribution is -2.49. The highest BCUT2D eigenvalue weighted by Gasteiger charge is 2.26. The Labute approximate surface area is 155 Å². The molecule has 1 saturated heterocycles. The first-order chi connectivity index (χ1) is 11.9. The van der Waals surface area contributed by atoms with Crippen LogP contribution in [0.25, 0.3) is 0 Å². The van der Waals surface area contributed by atoms with Crippen molar-refractivity contribution in [3.8, 4) is 5.75 Å². The highest BCUT2D eigenvalue weighted by Crippen LogP contribution is 2.27. The minimum atomic E-state index is -0.513. The molecule has 1 aromatic rings. The van der Waals surface area contributed by atoms with Gasteiger partial charge in [-0.15, -0.1) is 0 Å². The number of rotatable bonds is 4. The fourth-order valence-electron chi connectivity index (χ4n) is 2.46. The molecule has 0 aliphatic carbocycles. The topological polar surface area (TPSA) is 87.7 Å². The van der Waals surface area contributed by atoms with Gasteiger partial charge >= 0.3 is 0 Å². The van der Waals surface area contributed by atoms with E-state index < -0.39 is 5.91 Å². The molecule has 0 aromatic heterocycles. The minimum Gasteiger partial charge on any atom is -0.482 e. The van der Waals surface area contributed by atoms with Crippen LogP contribution in [0.1, 0.15) is 19.8 Å². The van der Waals surface area contributed by atoms with Crippen LogP contribution in [0, 0.1) is 5.92 Å². The summed E-state index contributed by atoms with van der Waals surface area (Å²) in [4.78, 5) is 36.7. The first-order valence-corrected chi connectivity index (χ1v) is 8.54. The normalized spacial score (nSPS) is 14.8. The average Bonchev–Trinajstić information content (AvgIpc) is 2.59. The molecule has 2 rings (SSSR count). The molecule has 2 N–H and O–H groups in total. The van der Waals surface area contributed by atoms with Crippen LogP contribution in [0.3, 0.4) is 0 Å². The maximum absolute atomic E-state index is 12.0. The van der Waals surface area contributed by atoms with Crippen LogP contribution in [0.4, 0.5) is 0 Å². The Bertz CT molecular complexity index is 661. The number of benzene rings is 1. The van der Waals surface area contributed by atoms with Gasteiger partial charge in [0.2, 0.25) is 11.8 Å². The molecule has 25 heavy (non-hydrogen) atoms. The summed E-state index contributed by atoms with van der Waals surface area (Å²) >= 11 is 11.7. The van der Waals surface area contributed by atoms with E-state index in [1.807, 2.05) is 0 Å². The summed E-state index contributed by atoms with van der Waals surface area (Å²) in [6.07, 6.45) is 1.14. The van der Waals surface area contributed by atoms with Gasteiger partial charge in [0.05, 0.1) is 5.02 Å². The number of piperidine rings is 1. The SMILES string of the molecule is CC(=O)N1CCC(C(=O)NNC(=O)COc2ccc(Cl)cc2Cl)CC1. The lowest BCUT2D eigenvalue weighted by molar-refractivity contribution is -0.135. The largest absolute Gasteiger partial charge is 0.482 e. The molecular formula is C16H19Cl2N3O4. The average molecular weight is 388 g/mol. The van der Waals surface area contributed by atoms with Crippen molar-refractivity contribution in [2.75, 3.05) is 19.7 Å². The van der Waals surface area contributed by atoms with Gasteiger partial charge in [0.25, 0.3) is 5.91 Å². The van der Waals surface area contributed by atoms with Crippen LogP contribution < -0.4 is 15.6 Å². The van der Waals surface area contributed by atoms with Gasteiger partial charge in [-0.3, -0.25) is 25.2 Å². The Morgan fingerprint density at radius 2 is 1.88 bits per heavy atom. The zero-order valence-electron chi connectivity index (χ0n) is 13.7. The summed E-state index contributed by atoms with van der Waals surface area (Å²) in [5, 5.41) is 0.756. The van der Waals surface area contributed by atoms with E-state index in [0.717, 1.165) is 0 Å². The maximum Gasteiger partial charge on any atom is 0.276 e. The van der Waals surface area contributed by atoms with Crippen LogP contribution in [0.2, 0.25) is 10.0 Å². The predicted octanol–water partition coefficient (Wildman–Crippen LogP) is 1.78. The molecule has 1 aromatic carbocycles. The van der Waals surface area contributed by atoms with E-state index in [2.05, 4.69) is 10.9 Å². The molecule has 7 nitrogen and oxygen atoms in total. The molecule has 0 spiro atoms. The number of nitrogens with zero attached hydrogens (tertiary/aromatic N) is 1. The second-order valence-corrected chi connectivity index (χ2v) is 6.52. The van der Waals surface area contributed by atoms with Gasteiger partial charge in [-0.1, -0.05) is 23.2 Å². The Balaban J connectivity index is 1.71. The fourth-order valence-corrected chi connectivity index (χ4v) is 2.92. The molecule has 9 heteroatoms. The molecule has 1 aliphatic rings. The Kier molecular flexibility index (Phi) is 6.90. The van der Waals surface area contributed by atoms with Gasteiger partial charge in [-0.25, -0.2) is 0 Å². The van der Waals surface area contributed by atoms with E-state index in [4.69, 9.17) is 27.9 Å². The number of likely N-dealkylation sites (tertiary alicyclic amines) is 1. The van der Waals surface area contributed by atoms with Crippen LogP contribution >= 0.6 is 23.2 Å². The monoisotopic (exact) mass is 387 g/mol. The number of nitrogens with one attached hydrogen (secondary N) is 2. The third-order valence-electron chi connectivity index (χ3n) is 3.89. The Morgan fingerprint density at radius 1 is 1.20 bits per heavy atom. The molecule has 0 saturated carbocycles. The number of carbonyl (C=O) groups is 3. The van der Waals surface area contributed by atoms with Gasteiger partial charge in [0.15, 0.2) is 6.61 Å². The van der Waals surface area contributed by atoms with E-state index in [0.29, 0.717) is 41.7 Å². The molecule has 0 atom stereocenters. The number of ether oxygens (including phenoxy) is 1. The molecule has 3 amide bonds. The number of halogens is 2. The number of hydrogen-bond donors (Lipinski definition) is 2. The highest BCUT2D eigenvalue weighted by molar-refractivity contribution is 6.35. The first-order valence-electron chi connectivity index (χ1n) is 7.79. The minimum absolute atomic E-state index is 0.00479. The third kappa shape index (κ3) is 5.79. The van der Waals surface area contributed by atoms with Gasteiger partial charge < -0.3 is 9.64 Å². The van der Waals surface area contributed by atoms with E-state index in [1.54, 1.807) is 17.0 Å². The van der Waals surface area contributed by atoms with Gasteiger partial charge in [-0.05, 0) is 31.0 Å². The van der Waals surface area contributed by atoms with E-state index >= 15 is 0 Å². The lowest BCUT2D eigenvalue weighted by atomic mass is 9.96. The molecular weight excluding hydrogens is 369 g/mol. The number of hydrogen-bond acceptors (Lipinski definition) is 4. The van der Waals surface area contributed by atoms with Crippen molar-refractivity contribution >= 4 is 40.9 Å². The van der Waals surface area contributed by atoms with E-state index in [1.165, 1.54) is 13.0 Å². The summed E-state index contributed by atoms with van der Waals surface area (Å²) in [6.45, 7) is 2.29. The quantitative estimate of drug-likeness (QED) is 0.770. The van der Waals surface area contributed by atoms with Gasteiger partial charge in [-0.2, -0.15) is 0 Å². The van der Waals surface area contributed by atoms with Crippen molar-refractivity contribution in [2.45, 2.75) is 19.8 Å². The lowest BCUT2D eigenvalue weighted by Gasteiger charge is -2.30. The van der Waals surface area contributed by atoms with Crippen LogP contribution in [0.5, 0.6) is 5.75 Å². The summed E-state index contributed by atoms with van der Waals surface area (Å²) in [7, 11) is 0. The van der Waals surface area contributed by atoms with Gasteiger partial charge in [0.1, 0.15) is 5.75 Å². The summed E-state index contributed by atoms with van der Waals surface area (Å²) in [6, 6.07) is 4.65. The van der Waals surface area contributed by atoms with Crippen LogP contribution in [0.15, 0.2) is 18.2 Å². The van der Waals surface area contributed by atoms with Crippen molar-refractivity contribution < 1.29 is 19.1 Å². The van der Waals surface area contributed by atoms with E-state index in [9.17, 15) is 14.4 Å². The second kappa shape index (κ2) is 8.92. The maximum atomic E-state index is 12.0. The van der Waals surface area contributed by atoms with Crippen LogP contribution in [-0.2, 0) is 14.4 Å². The second-order valence-electron chi connectivity index (χ2n) is 5.68. The smallest absolute Gasteiger partial charge is 0.276 e. The number of hydrazine groups is 1. The molecule has 1 fully saturated rings. The molecule has 1 aliphatic heterocycles. The first kappa shape index (κ1) is 19.3. The standard InChI is InChI=1S/C16H19Cl2N3O4/c1-10(22)21-6-4-11(5-7-21)16(24)20-19-15(23)9-25-14-3-2-12(17)8-13(14)18/h2-3,8,11H,4-7,9H2,1H3,(H,19,23)(H,20,24). The molecule has 136 valence electrons. The molecule has 0 radical (unpaired) electrons. The Hall–Kier alpha value is -1.99. The highest BCUT2D eigenvalue weighted by atomic mass is 35.5. The molecule has 0 bridgehead atoms. The van der Waals surface area contributed by atoms with Crippen molar-refractivity contribution in [1.82, 2.24) is 15.8 Å². The van der Waals surface area contributed by atoms with Crippen molar-refractivity contribution in [1.29, 1.82) is 0 Å². The third-order valence-corrected chi connectivity index (χ3v) is 4.42. The zero-order chi connectivity index (χ0) is 18.4. The van der Waals surface area contributed by atoms with Crippen molar-refractivity contribution in [3.63, 3.8) is 0 Å². The summed E-state index contributed by atoms with van der Waals surface area (Å²) < 4.78 is 5.27. The number of amides is 3. The number of carbonyl (C=O) groups excluding carboxylic acids is 3. The van der Waals surface area contributed by atoms with Crippen molar-refractivity contribution in [2.24, 2.45) is 5.92 Å². The van der Waals surface area contributed by atoms with Crippen LogP contribution in [-0.4, -0.2) is 42.3 Å². The fraction of sp³-hybridized carbons (Fsp3) is 0.438. The van der Waals surface area contributed by atoms with Gasteiger partial charge in [0, 0.05) is 31.0 Å². The van der Waals surface area contributed by atoms with Crippen molar-refractivity contribution in [3.05, 3.63) is 28.2 Å².